The predicted molar refractivity (Wildman–Crippen MR) is 53.3 cm³/mol. The number of nitrogens with two attached hydrogens (primary N) is 1. The van der Waals surface area contributed by atoms with Gasteiger partial charge in [-0.25, -0.2) is 0 Å². The topological polar surface area (TPSA) is 39.2 Å². The normalized spacial score (nSPS) is 10.2. The molecule has 0 saturated heterocycles. The average Bonchev–Trinajstić information content (AvgIpc) is 2.53. The van der Waals surface area contributed by atoms with E-state index in [1.54, 1.807) is 6.07 Å². The fourth-order valence-corrected chi connectivity index (χ4v) is 1.23. The number of aryl methyl sites for hydroxylation is 1. The number of hydrogen-bond donors (Lipinski definition) is 1. The van der Waals surface area contributed by atoms with Crippen LogP contribution in [0, 0.1) is 6.92 Å². The van der Waals surface area contributed by atoms with Crippen LogP contribution in [0.4, 0.5) is 5.88 Å². The molecule has 0 aliphatic rings. The lowest BCUT2D eigenvalue weighted by molar-refractivity contribution is 0.603. The molecule has 2 rings (SSSR count). The minimum atomic E-state index is 0.454. The Balaban J connectivity index is 2.41. The van der Waals surface area contributed by atoms with Crippen LogP contribution in [0.1, 0.15) is 5.56 Å². The minimum absolute atomic E-state index is 0.454. The van der Waals surface area contributed by atoms with E-state index in [9.17, 15) is 0 Å². The zero-order chi connectivity index (χ0) is 9.26. The van der Waals surface area contributed by atoms with Crippen LogP contribution in [0.5, 0.6) is 0 Å². The Kier molecular flexibility index (Phi) is 1.81. The molecule has 13 heavy (non-hydrogen) atoms. The standard InChI is InChI=1S/C11H11NO/c1-8-2-4-9(5-3-8)10-6-7-11(12)13-10/h2-7H,12H2,1H3. The van der Waals surface area contributed by atoms with E-state index in [0.29, 0.717) is 5.88 Å². The molecule has 2 heteroatoms. The Labute approximate surface area is 77.0 Å². The summed E-state index contributed by atoms with van der Waals surface area (Å²) in [5.74, 6) is 1.27. The first kappa shape index (κ1) is 7.92. The maximum absolute atomic E-state index is 5.48. The monoisotopic (exact) mass is 173 g/mol. The molecule has 0 aliphatic carbocycles. The molecule has 0 amide bonds. The van der Waals surface area contributed by atoms with Crippen molar-refractivity contribution < 1.29 is 4.42 Å². The summed E-state index contributed by atoms with van der Waals surface area (Å²) in [6.07, 6.45) is 0. The van der Waals surface area contributed by atoms with E-state index in [2.05, 4.69) is 6.92 Å². The van der Waals surface area contributed by atoms with E-state index < -0.39 is 0 Å². The van der Waals surface area contributed by atoms with Crippen molar-refractivity contribution >= 4 is 5.88 Å². The Morgan fingerprint density at radius 1 is 1.00 bits per heavy atom. The molecule has 66 valence electrons. The van der Waals surface area contributed by atoms with Crippen LogP contribution in [0.15, 0.2) is 40.8 Å². The third-order valence-electron chi connectivity index (χ3n) is 1.96. The van der Waals surface area contributed by atoms with Gasteiger partial charge >= 0.3 is 0 Å². The fourth-order valence-electron chi connectivity index (χ4n) is 1.23. The Bertz CT molecular complexity index is 400. The van der Waals surface area contributed by atoms with Crippen molar-refractivity contribution in [2.45, 2.75) is 6.92 Å². The summed E-state index contributed by atoms with van der Waals surface area (Å²) in [5.41, 5.74) is 7.78. The van der Waals surface area contributed by atoms with E-state index in [-0.39, 0.29) is 0 Å². The third-order valence-corrected chi connectivity index (χ3v) is 1.96. The molecule has 2 aromatic rings. The summed E-state index contributed by atoms with van der Waals surface area (Å²) in [6.45, 7) is 2.06. The summed E-state index contributed by atoms with van der Waals surface area (Å²) >= 11 is 0. The molecule has 1 heterocycles. The van der Waals surface area contributed by atoms with Gasteiger partial charge < -0.3 is 10.2 Å². The Hall–Kier alpha value is -1.70. The smallest absolute Gasteiger partial charge is 0.190 e. The number of nitrogen functional groups attached to an aromatic ring is 1. The molecule has 0 unspecified atom stereocenters. The highest BCUT2D eigenvalue weighted by atomic mass is 16.3. The van der Waals surface area contributed by atoms with Crippen LogP contribution in [-0.4, -0.2) is 0 Å². The fraction of sp³-hybridized carbons (Fsp3) is 0.0909. The maximum Gasteiger partial charge on any atom is 0.190 e. The van der Waals surface area contributed by atoms with Crippen LogP contribution in [0.2, 0.25) is 0 Å². The second-order valence-electron chi connectivity index (χ2n) is 3.07. The van der Waals surface area contributed by atoms with Gasteiger partial charge in [0.05, 0.1) is 0 Å². The highest BCUT2D eigenvalue weighted by Crippen LogP contribution is 2.23. The molecule has 0 spiro atoms. The van der Waals surface area contributed by atoms with Crippen molar-refractivity contribution in [2.75, 3.05) is 5.73 Å². The van der Waals surface area contributed by atoms with Crippen molar-refractivity contribution in [3.05, 3.63) is 42.0 Å². The van der Waals surface area contributed by atoms with E-state index in [4.69, 9.17) is 10.2 Å². The van der Waals surface area contributed by atoms with Crippen LogP contribution in [0.3, 0.4) is 0 Å². The lowest BCUT2D eigenvalue weighted by atomic mass is 10.1. The molecular weight excluding hydrogens is 162 g/mol. The number of benzene rings is 1. The highest BCUT2D eigenvalue weighted by molar-refractivity contribution is 5.59. The van der Waals surface area contributed by atoms with Gasteiger partial charge in [-0.1, -0.05) is 29.8 Å². The number of hydrogen-bond acceptors (Lipinski definition) is 2. The largest absolute Gasteiger partial charge is 0.441 e. The van der Waals surface area contributed by atoms with Crippen LogP contribution in [-0.2, 0) is 0 Å². The quantitative estimate of drug-likeness (QED) is 0.720. The molecule has 2 nitrogen and oxygen atoms in total. The maximum atomic E-state index is 5.48. The lowest BCUT2D eigenvalue weighted by Gasteiger charge is -1.96. The SMILES string of the molecule is Cc1ccc(-c2ccc(N)o2)cc1. The molecule has 0 fully saturated rings. The summed E-state index contributed by atoms with van der Waals surface area (Å²) in [7, 11) is 0. The van der Waals surface area contributed by atoms with E-state index >= 15 is 0 Å². The molecule has 0 radical (unpaired) electrons. The van der Waals surface area contributed by atoms with Crippen LogP contribution < -0.4 is 5.73 Å². The van der Waals surface area contributed by atoms with E-state index in [0.717, 1.165) is 11.3 Å². The van der Waals surface area contributed by atoms with Gasteiger partial charge in [-0.2, -0.15) is 0 Å². The summed E-state index contributed by atoms with van der Waals surface area (Å²) in [4.78, 5) is 0. The van der Waals surface area contributed by atoms with Gasteiger partial charge in [0.1, 0.15) is 5.76 Å². The number of rotatable bonds is 1. The molecule has 0 saturated carbocycles. The van der Waals surface area contributed by atoms with Gasteiger partial charge in [0.2, 0.25) is 0 Å². The third kappa shape index (κ3) is 1.56. The van der Waals surface area contributed by atoms with Gasteiger partial charge in [0, 0.05) is 11.6 Å². The minimum Gasteiger partial charge on any atom is -0.441 e. The van der Waals surface area contributed by atoms with Crippen LogP contribution in [0.25, 0.3) is 11.3 Å². The second-order valence-corrected chi connectivity index (χ2v) is 3.07. The molecular formula is C11H11NO. The van der Waals surface area contributed by atoms with Crippen molar-refractivity contribution in [3.63, 3.8) is 0 Å². The number of anilines is 1. The Morgan fingerprint density at radius 2 is 1.69 bits per heavy atom. The van der Waals surface area contributed by atoms with Gasteiger partial charge in [0.25, 0.3) is 0 Å². The van der Waals surface area contributed by atoms with E-state index in [1.807, 2.05) is 30.3 Å². The molecule has 0 aliphatic heterocycles. The molecule has 0 bridgehead atoms. The summed E-state index contributed by atoms with van der Waals surface area (Å²) in [5, 5.41) is 0. The molecule has 0 atom stereocenters. The van der Waals surface area contributed by atoms with Crippen molar-refractivity contribution in [3.8, 4) is 11.3 Å². The zero-order valence-corrected chi connectivity index (χ0v) is 7.45. The van der Waals surface area contributed by atoms with Gasteiger partial charge in [0.15, 0.2) is 5.88 Å². The van der Waals surface area contributed by atoms with Gasteiger partial charge in [-0.05, 0) is 13.0 Å². The van der Waals surface area contributed by atoms with Gasteiger partial charge in [-0.15, -0.1) is 0 Å². The van der Waals surface area contributed by atoms with Crippen molar-refractivity contribution in [1.29, 1.82) is 0 Å². The number of furan rings is 1. The average molecular weight is 173 g/mol. The molecule has 2 N–H and O–H groups in total. The summed E-state index contributed by atoms with van der Waals surface area (Å²) < 4.78 is 5.29. The second kappa shape index (κ2) is 2.98. The summed E-state index contributed by atoms with van der Waals surface area (Å²) in [6, 6.07) is 11.8. The predicted octanol–water partition coefficient (Wildman–Crippen LogP) is 2.84. The van der Waals surface area contributed by atoms with E-state index in [1.165, 1.54) is 5.56 Å². The zero-order valence-electron chi connectivity index (χ0n) is 7.45. The van der Waals surface area contributed by atoms with Crippen molar-refractivity contribution in [2.24, 2.45) is 0 Å². The lowest BCUT2D eigenvalue weighted by Crippen LogP contribution is -1.77. The first-order valence-corrected chi connectivity index (χ1v) is 4.18. The van der Waals surface area contributed by atoms with Crippen LogP contribution >= 0.6 is 0 Å². The van der Waals surface area contributed by atoms with Crippen molar-refractivity contribution in [1.82, 2.24) is 0 Å². The molecule has 1 aromatic heterocycles. The van der Waals surface area contributed by atoms with Gasteiger partial charge in [-0.3, -0.25) is 0 Å². The Morgan fingerprint density at radius 3 is 2.23 bits per heavy atom. The highest BCUT2D eigenvalue weighted by Gasteiger charge is 2.00. The first-order valence-electron chi connectivity index (χ1n) is 4.18. The first-order chi connectivity index (χ1) is 6.25. The molecule has 1 aromatic carbocycles.